The van der Waals surface area contributed by atoms with Crippen molar-refractivity contribution in [1.82, 2.24) is 10.2 Å². The molecule has 0 saturated carbocycles. The molecule has 0 aliphatic heterocycles. The SMILES string of the molecule is COC(=O)C(O)C(C)(C)c1cc(C)[nH]n1. The van der Waals surface area contributed by atoms with Crippen LogP contribution in [0.1, 0.15) is 25.2 Å². The van der Waals surface area contributed by atoms with E-state index in [2.05, 4.69) is 14.9 Å². The maximum Gasteiger partial charge on any atom is 0.335 e. The van der Waals surface area contributed by atoms with E-state index < -0.39 is 17.5 Å². The number of carbonyl (C=O) groups excluding carboxylic acids is 1. The minimum absolute atomic E-state index is 0.637. The van der Waals surface area contributed by atoms with Gasteiger partial charge >= 0.3 is 5.97 Å². The molecule has 0 saturated heterocycles. The summed E-state index contributed by atoms with van der Waals surface area (Å²) in [5, 5.41) is 16.6. The highest BCUT2D eigenvalue weighted by molar-refractivity contribution is 5.76. The monoisotopic (exact) mass is 212 g/mol. The van der Waals surface area contributed by atoms with Gasteiger partial charge in [0.25, 0.3) is 0 Å². The second kappa shape index (κ2) is 4.02. The Kier molecular flexibility index (Phi) is 3.14. The zero-order valence-corrected chi connectivity index (χ0v) is 9.37. The Bertz CT molecular complexity index is 357. The Morgan fingerprint density at radius 3 is 2.67 bits per heavy atom. The van der Waals surface area contributed by atoms with Crippen molar-refractivity contribution in [3.05, 3.63) is 17.5 Å². The maximum absolute atomic E-state index is 11.2. The number of aryl methyl sites for hydroxylation is 1. The van der Waals surface area contributed by atoms with Crippen LogP contribution in [-0.4, -0.2) is 34.5 Å². The van der Waals surface area contributed by atoms with E-state index in [4.69, 9.17) is 0 Å². The molecule has 0 spiro atoms. The van der Waals surface area contributed by atoms with Crippen molar-refractivity contribution in [2.75, 3.05) is 7.11 Å². The molecule has 1 heterocycles. The van der Waals surface area contributed by atoms with Gasteiger partial charge in [-0.25, -0.2) is 4.79 Å². The van der Waals surface area contributed by atoms with Crippen LogP contribution in [0.3, 0.4) is 0 Å². The first kappa shape index (κ1) is 11.7. The van der Waals surface area contributed by atoms with E-state index >= 15 is 0 Å². The fourth-order valence-electron chi connectivity index (χ4n) is 1.29. The first-order valence-electron chi connectivity index (χ1n) is 4.68. The lowest BCUT2D eigenvalue weighted by Gasteiger charge is -2.26. The zero-order chi connectivity index (χ0) is 11.6. The number of ether oxygens (including phenoxy) is 1. The number of rotatable bonds is 3. The van der Waals surface area contributed by atoms with Gasteiger partial charge in [-0.1, -0.05) is 13.8 Å². The van der Waals surface area contributed by atoms with Crippen molar-refractivity contribution in [2.45, 2.75) is 32.3 Å². The number of esters is 1. The summed E-state index contributed by atoms with van der Waals surface area (Å²) in [5.41, 5.74) is 0.755. The number of hydrogen-bond acceptors (Lipinski definition) is 4. The third-order valence-electron chi connectivity index (χ3n) is 2.47. The molecule has 15 heavy (non-hydrogen) atoms. The number of nitrogens with zero attached hydrogens (tertiary/aromatic N) is 1. The van der Waals surface area contributed by atoms with Gasteiger partial charge in [-0.05, 0) is 13.0 Å². The van der Waals surface area contributed by atoms with Gasteiger partial charge in [0.1, 0.15) is 0 Å². The van der Waals surface area contributed by atoms with E-state index in [1.807, 2.05) is 6.92 Å². The number of carbonyl (C=O) groups is 1. The van der Waals surface area contributed by atoms with E-state index in [-0.39, 0.29) is 0 Å². The summed E-state index contributed by atoms with van der Waals surface area (Å²) < 4.78 is 4.50. The number of methoxy groups -OCH3 is 1. The van der Waals surface area contributed by atoms with E-state index in [1.165, 1.54) is 7.11 Å². The molecule has 0 amide bonds. The molecule has 1 unspecified atom stereocenters. The summed E-state index contributed by atoms with van der Waals surface area (Å²) in [7, 11) is 1.25. The van der Waals surface area contributed by atoms with Crippen LogP contribution in [-0.2, 0) is 14.9 Å². The van der Waals surface area contributed by atoms with Crippen LogP contribution >= 0.6 is 0 Å². The van der Waals surface area contributed by atoms with Crippen molar-refractivity contribution in [3.63, 3.8) is 0 Å². The summed E-state index contributed by atoms with van der Waals surface area (Å²) >= 11 is 0. The Morgan fingerprint density at radius 1 is 1.67 bits per heavy atom. The summed E-state index contributed by atoms with van der Waals surface area (Å²) in [5.74, 6) is -0.652. The molecule has 0 radical (unpaired) electrons. The number of nitrogens with one attached hydrogen (secondary N) is 1. The molecule has 5 nitrogen and oxygen atoms in total. The Labute approximate surface area is 88.5 Å². The van der Waals surface area contributed by atoms with Gasteiger partial charge in [-0.3, -0.25) is 5.10 Å². The molecule has 2 N–H and O–H groups in total. The van der Waals surface area contributed by atoms with Crippen LogP contribution in [0.4, 0.5) is 0 Å². The van der Waals surface area contributed by atoms with E-state index in [9.17, 15) is 9.90 Å². The van der Waals surface area contributed by atoms with Gasteiger partial charge in [-0.15, -0.1) is 0 Å². The number of H-pyrrole nitrogens is 1. The lowest BCUT2D eigenvalue weighted by molar-refractivity contribution is -0.153. The number of hydrogen-bond donors (Lipinski definition) is 2. The molecule has 1 atom stereocenters. The van der Waals surface area contributed by atoms with Crippen LogP contribution in [0, 0.1) is 6.92 Å². The van der Waals surface area contributed by atoms with Crippen molar-refractivity contribution in [3.8, 4) is 0 Å². The second-order valence-electron chi connectivity index (χ2n) is 4.08. The highest BCUT2D eigenvalue weighted by atomic mass is 16.5. The molecular formula is C10H16N2O3. The smallest absolute Gasteiger partial charge is 0.335 e. The molecule has 0 aromatic carbocycles. The second-order valence-corrected chi connectivity index (χ2v) is 4.08. The van der Waals surface area contributed by atoms with Crippen LogP contribution in [0.2, 0.25) is 0 Å². The average Bonchev–Trinajstić information content (AvgIpc) is 2.63. The third kappa shape index (κ3) is 2.18. The predicted molar refractivity (Wildman–Crippen MR) is 54.4 cm³/mol. The summed E-state index contributed by atoms with van der Waals surface area (Å²) in [6.45, 7) is 5.34. The van der Waals surface area contributed by atoms with Crippen molar-refractivity contribution < 1.29 is 14.6 Å². The molecule has 0 aliphatic rings. The van der Waals surface area contributed by atoms with Crippen molar-refractivity contribution in [2.24, 2.45) is 0 Å². The highest BCUT2D eigenvalue weighted by Crippen LogP contribution is 2.26. The molecular weight excluding hydrogens is 196 g/mol. The quantitative estimate of drug-likeness (QED) is 0.717. The van der Waals surface area contributed by atoms with Crippen LogP contribution in [0.15, 0.2) is 6.07 Å². The largest absolute Gasteiger partial charge is 0.467 e. The topological polar surface area (TPSA) is 75.2 Å². The molecule has 5 heteroatoms. The van der Waals surface area contributed by atoms with Gasteiger partial charge in [0.2, 0.25) is 0 Å². The minimum atomic E-state index is -1.22. The number of aliphatic hydroxyl groups is 1. The standard InChI is InChI=1S/C10H16N2O3/c1-6-5-7(12-11-6)10(2,3)8(13)9(14)15-4/h5,8,13H,1-4H3,(H,11,12). The molecule has 1 aromatic rings. The van der Waals surface area contributed by atoms with Crippen molar-refractivity contribution in [1.29, 1.82) is 0 Å². The summed E-state index contributed by atoms with van der Waals surface area (Å²) in [6, 6.07) is 1.80. The molecule has 1 rings (SSSR count). The molecule has 0 bridgehead atoms. The van der Waals surface area contributed by atoms with E-state index in [1.54, 1.807) is 19.9 Å². The summed E-state index contributed by atoms with van der Waals surface area (Å²) in [4.78, 5) is 11.2. The fourth-order valence-corrected chi connectivity index (χ4v) is 1.29. The lowest BCUT2D eigenvalue weighted by Crippen LogP contribution is -2.41. The Balaban J connectivity index is 2.96. The Morgan fingerprint density at radius 2 is 2.27 bits per heavy atom. The molecule has 0 aliphatic carbocycles. The Hall–Kier alpha value is -1.36. The lowest BCUT2D eigenvalue weighted by atomic mass is 9.83. The normalized spacial score (nSPS) is 13.7. The predicted octanol–water partition coefficient (Wildman–Crippen LogP) is 0.530. The minimum Gasteiger partial charge on any atom is -0.467 e. The van der Waals surface area contributed by atoms with Crippen LogP contribution in [0.25, 0.3) is 0 Å². The maximum atomic E-state index is 11.2. The number of aromatic nitrogens is 2. The highest BCUT2D eigenvalue weighted by Gasteiger charge is 2.37. The third-order valence-corrected chi connectivity index (χ3v) is 2.47. The first-order chi connectivity index (χ1) is 6.89. The molecule has 0 fully saturated rings. The van der Waals surface area contributed by atoms with E-state index in [0.29, 0.717) is 5.69 Å². The van der Waals surface area contributed by atoms with Gasteiger partial charge < -0.3 is 9.84 Å². The summed E-state index contributed by atoms with van der Waals surface area (Å²) in [6.07, 6.45) is -1.22. The van der Waals surface area contributed by atoms with Crippen LogP contribution in [0.5, 0.6) is 0 Å². The average molecular weight is 212 g/mol. The molecule has 1 aromatic heterocycles. The molecule has 84 valence electrons. The number of aromatic amines is 1. The van der Waals surface area contributed by atoms with Gasteiger partial charge in [-0.2, -0.15) is 5.10 Å². The fraction of sp³-hybridized carbons (Fsp3) is 0.600. The van der Waals surface area contributed by atoms with Gasteiger partial charge in [0.05, 0.1) is 12.8 Å². The van der Waals surface area contributed by atoms with Crippen molar-refractivity contribution >= 4 is 5.97 Å². The van der Waals surface area contributed by atoms with Crippen LogP contribution < -0.4 is 0 Å². The zero-order valence-electron chi connectivity index (χ0n) is 9.37. The van der Waals surface area contributed by atoms with Gasteiger partial charge in [0.15, 0.2) is 6.10 Å². The van der Waals surface area contributed by atoms with Gasteiger partial charge in [0, 0.05) is 11.1 Å². The number of aliphatic hydroxyl groups excluding tert-OH is 1. The first-order valence-corrected chi connectivity index (χ1v) is 4.68. The van der Waals surface area contributed by atoms with E-state index in [0.717, 1.165) is 5.69 Å².